The Morgan fingerprint density at radius 3 is 2.57 bits per heavy atom. The summed E-state index contributed by atoms with van der Waals surface area (Å²) >= 11 is 0. The molecule has 2 aliphatic rings. The second-order valence-corrected chi connectivity index (χ2v) is 6.97. The largest absolute Gasteiger partial charge is 0.408 e. The Labute approximate surface area is 159 Å². The number of piperidine rings is 1. The molecule has 1 aromatic heterocycles. The molecule has 0 unspecified atom stereocenters. The van der Waals surface area contributed by atoms with Crippen LogP contribution in [0, 0.1) is 24.5 Å². The van der Waals surface area contributed by atoms with Crippen molar-refractivity contribution < 1.29 is 27.2 Å². The van der Waals surface area contributed by atoms with Gasteiger partial charge in [0.2, 0.25) is 5.89 Å². The number of carbonyl (C=O) groups excluding carboxylic acids is 1. The van der Waals surface area contributed by atoms with E-state index in [2.05, 4.69) is 10.2 Å². The minimum Gasteiger partial charge on any atom is -0.408 e. The number of halogens is 3. The van der Waals surface area contributed by atoms with Crippen molar-refractivity contribution >= 4 is 11.9 Å². The van der Waals surface area contributed by atoms with Gasteiger partial charge in [-0.05, 0) is 24.1 Å². The van der Waals surface area contributed by atoms with Gasteiger partial charge in [0.15, 0.2) is 0 Å². The van der Waals surface area contributed by atoms with Crippen LogP contribution in [0.15, 0.2) is 22.6 Å². The number of nitrogens with zero attached hydrogens (tertiary/aromatic N) is 4. The molecule has 4 rings (SSSR count). The predicted octanol–water partition coefficient (Wildman–Crippen LogP) is 2.73. The molecule has 28 heavy (non-hydrogen) atoms. The van der Waals surface area contributed by atoms with Crippen molar-refractivity contribution in [1.82, 2.24) is 15.3 Å². The van der Waals surface area contributed by atoms with Crippen LogP contribution < -0.4 is 4.90 Å². The first-order valence-corrected chi connectivity index (χ1v) is 9.03. The number of hydroxylamine groups is 2. The lowest BCUT2D eigenvalue weighted by Gasteiger charge is -2.35. The van der Waals surface area contributed by atoms with Crippen LogP contribution >= 0.6 is 0 Å². The van der Waals surface area contributed by atoms with Crippen molar-refractivity contribution in [2.75, 3.05) is 24.6 Å². The maximum atomic E-state index is 14.8. The van der Waals surface area contributed by atoms with E-state index in [1.54, 1.807) is 11.8 Å². The molecule has 2 saturated heterocycles. The van der Waals surface area contributed by atoms with Crippen molar-refractivity contribution in [2.45, 2.75) is 32.0 Å². The smallest absolute Gasteiger partial charge is 0.318 e. The molecule has 2 aromatic rings. The maximum absolute atomic E-state index is 14.8. The Hall–Kier alpha value is -2.62. The highest BCUT2D eigenvalue weighted by Gasteiger charge is 2.42. The van der Waals surface area contributed by atoms with E-state index in [1.165, 1.54) is 0 Å². The molecular weight excluding hydrogens is 377 g/mol. The third kappa shape index (κ3) is 3.56. The fourth-order valence-electron chi connectivity index (χ4n) is 3.69. The first-order chi connectivity index (χ1) is 13.4. The summed E-state index contributed by atoms with van der Waals surface area (Å²) in [7, 11) is 0. The highest BCUT2D eigenvalue weighted by Crippen LogP contribution is 2.35. The Bertz CT molecular complexity index is 857. The van der Waals surface area contributed by atoms with Crippen LogP contribution in [-0.4, -0.2) is 47.0 Å². The van der Waals surface area contributed by atoms with E-state index in [0.717, 1.165) is 23.3 Å². The molecule has 0 spiro atoms. The van der Waals surface area contributed by atoms with Gasteiger partial charge in [-0.2, -0.15) is 0 Å². The quantitative estimate of drug-likeness (QED) is 0.795. The van der Waals surface area contributed by atoms with E-state index in [0.29, 0.717) is 18.9 Å². The molecule has 0 aliphatic carbocycles. The monoisotopic (exact) mass is 396 g/mol. The number of carbonyl (C=O) groups is 1. The van der Waals surface area contributed by atoms with E-state index in [1.807, 2.05) is 0 Å². The number of anilines is 1. The molecular formula is C18H19F3N4O3. The SMILES string of the molecule is Cc1nnc(N2CC[C@@H](C(=O)N3OCC[C@@H]3c3cc(F)cc(F)c3)[C@@H](F)C2)o1. The van der Waals surface area contributed by atoms with Gasteiger partial charge >= 0.3 is 6.01 Å². The molecule has 2 aliphatic heterocycles. The molecule has 0 N–H and O–H groups in total. The van der Waals surface area contributed by atoms with Gasteiger partial charge in [0.25, 0.3) is 5.91 Å². The van der Waals surface area contributed by atoms with E-state index < -0.39 is 35.7 Å². The van der Waals surface area contributed by atoms with Gasteiger partial charge in [-0.15, -0.1) is 5.10 Å². The number of rotatable bonds is 3. The van der Waals surface area contributed by atoms with E-state index in [-0.39, 0.29) is 31.2 Å². The molecule has 3 heterocycles. The summed E-state index contributed by atoms with van der Waals surface area (Å²) in [4.78, 5) is 19.9. The number of aromatic nitrogens is 2. The molecule has 3 atom stereocenters. The number of alkyl halides is 1. The molecule has 2 fully saturated rings. The fourth-order valence-corrected chi connectivity index (χ4v) is 3.69. The molecule has 7 nitrogen and oxygen atoms in total. The zero-order valence-corrected chi connectivity index (χ0v) is 15.1. The molecule has 150 valence electrons. The van der Waals surface area contributed by atoms with Crippen molar-refractivity contribution in [3.05, 3.63) is 41.3 Å². The Kier molecular flexibility index (Phi) is 4.96. The lowest BCUT2D eigenvalue weighted by molar-refractivity contribution is -0.184. The highest BCUT2D eigenvalue weighted by molar-refractivity contribution is 5.79. The number of aryl methyl sites for hydroxylation is 1. The van der Waals surface area contributed by atoms with Gasteiger partial charge < -0.3 is 9.32 Å². The van der Waals surface area contributed by atoms with Crippen LogP contribution in [0.1, 0.15) is 30.3 Å². The molecule has 1 amide bonds. The normalized spacial score (nSPS) is 25.4. The summed E-state index contributed by atoms with van der Waals surface area (Å²) in [5.74, 6) is -2.54. The van der Waals surface area contributed by atoms with Crippen LogP contribution in [0.4, 0.5) is 19.2 Å². The average molecular weight is 396 g/mol. The highest BCUT2D eigenvalue weighted by atomic mass is 19.1. The molecule has 0 saturated carbocycles. The average Bonchev–Trinajstić information content (AvgIpc) is 3.29. The van der Waals surface area contributed by atoms with E-state index in [4.69, 9.17) is 9.25 Å². The third-order valence-electron chi connectivity index (χ3n) is 5.04. The van der Waals surface area contributed by atoms with Crippen LogP contribution in [0.25, 0.3) is 0 Å². The molecule has 0 bridgehead atoms. The van der Waals surface area contributed by atoms with Gasteiger partial charge in [0.05, 0.1) is 25.1 Å². The first kappa shape index (κ1) is 18.7. The van der Waals surface area contributed by atoms with Crippen molar-refractivity contribution in [1.29, 1.82) is 0 Å². The summed E-state index contributed by atoms with van der Waals surface area (Å²) in [5.41, 5.74) is 0.289. The Morgan fingerprint density at radius 2 is 1.93 bits per heavy atom. The van der Waals surface area contributed by atoms with Crippen LogP contribution in [-0.2, 0) is 9.63 Å². The number of amides is 1. The van der Waals surface area contributed by atoms with Gasteiger partial charge in [-0.1, -0.05) is 5.10 Å². The number of hydrogen-bond acceptors (Lipinski definition) is 6. The summed E-state index contributed by atoms with van der Waals surface area (Å²) in [5, 5.41) is 8.66. The summed E-state index contributed by atoms with van der Waals surface area (Å²) < 4.78 is 47.2. The maximum Gasteiger partial charge on any atom is 0.318 e. The van der Waals surface area contributed by atoms with Crippen molar-refractivity contribution in [3.63, 3.8) is 0 Å². The van der Waals surface area contributed by atoms with Crippen LogP contribution in [0.5, 0.6) is 0 Å². The lowest BCUT2D eigenvalue weighted by Crippen LogP contribution is -2.48. The van der Waals surface area contributed by atoms with Crippen LogP contribution in [0.2, 0.25) is 0 Å². The standard InChI is InChI=1S/C18H19F3N4O3/c1-10-22-23-18(28-10)24-4-2-14(15(21)9-24)17(26)25-16(3-5-27-25)11-6-12(19)8-13(20)7-11/h6-8,14-16H,2-5,9H2,1H3/t14-,15+,16-/m1/s1. The first-order valence-electron chi connectivity index (χ1n) is 9.03. The number of hydrogen-bond donors (Lipinski definition) is 0. The van der Waals surface area contributed by atoms with Gasteiger partial charge in [-0.25, -0.2) is 18.2 Å². The Morgan fingerprint density at radius 1 is 1.18 bits per heavy atom. The minimum atomic E-state index is -1.47. The topological polar surface area (TPSA) is 71.7 Å². The lowest BCUT2D eigenvalue weighted by atomic mass is 9.93. The summed E-state index contributed by atoms with van der Waals surface area (Å²) in [6.45, 7) is 2.15. The van der Waals surface area contributed by atoms with Crippen LogP contribution in [0.3, 0.4) is 0 Å². The fraction of sp³-hybridized carbons (Fsp3) is 0.500. The second kappa shape index (κ2) is 7.42. The van der Waals surface area contributed by atoms with E-state index in [9.17, 15) is 18.0 Å². The molecule has 0 radical (unpaired) electrons. The third-order valence-corrected chi connectivity index (χ3v) is 5.04. The zero-order chi connectivity index (χ0) is 19.8. The van der Waals surface area contributed by atoms with Crippen molar-refractivity contribution in [3.8, 4) is 0 Å². The second-order valence-electron chi connectivity index (χ2n) is 6.97. The number of benzene rings is 1. The van der Waals surface area contributed by atoms with Gasteiger partial charge in [0.1, 0.15) is 17.8 Å². The van der Waals surface area contributed by atoms with E-state index >= 15 is 0 Å². The minimum absolute atomic E-state index is 0.0643. The summed E-state index contributed by atoms with van der Waals surface area (Å²) in [6, 6.07) is 2.66. The van der Waals surface area contributed by atoms with Crippen molar-refractivity contribution in [2.24, 2.45) is 5.92 Å². The van der Waals surface area contributed by atoms with Gasteiger partial charge in [0, 0.05) is 26.0 Å². The Balaban J connectivity index is 1.47. The zero-order valence-electron chi connectivity index (χ0n) is 15.1. The summed E-state index contributed by atoms with van der Waals surface area (Å²) in [6.07, 6.45) is -0.862. The molecule has 10 heteroatoms. The molecule has 1 aromatic carbocycles. The van der Waals surface area contributed by atoms with Gasteiger partial charge in [-0.3, -0.25) is 9.63 Å². The predicted molar refractivity (Wildman–Crippen MR) is 90.8 cm³/mol.